The largest absolute Gasteiger partial charge is 0.509 e. The van der Waals surface area contributed by atoms with Crippen molar-refractivity contribution >= 4 is 55.7 Å². The van der Waals surface area contributed by atoms with Gasteiger partial charge in [0.05, 0.1) is 5.52 Å². The maximum atomic E-state index is 6.56. The van der Waals surface area contributed by atoms with Crippen LogP contribution in [0.5, 0.6) is 11.5 Å². The van der Waals surface area contributed by atoms with E-state index in [1.54, 1.807) is 0 Å². The van der Waals surface area contributed by atoms with Crippen molar-refractivity contribution in [2.24, 2.45) is 0 Å². The van der Waals surface area contributed by atoms with Crippen molar-refractivity contribution in [3.63, 3.8) is 0 Å². The van der Waals surface area contributed by atoms with E-state index in [1.165, 1.54) is 5.56 Å². The SMILES string of the molecule is CC(C)(C)c1ccccc1N1[CH-]N(c2[c-]c(Oc3[c-]c4c(cc3)c3oc5ccccc5c3n4-c3cc(-c4ccccc4)ccn3)ccc2)c2ccccc21.[Pt]. The van der Waals surface area contributed by atoms with Crippen molar-refractivity contribution in [1.82, 2.24) is 9.55 Å². The predicted octanol–water partition coefficient (Wildman–Crippen LogP) is 12.7. The number of hydrogen-bond donors (Lipinski definition) is 0. The van der Waals surface area contributed by atoms with Crippen molar-refractivity contribution in [2.75, 3.05) is 9.80 Å². The Morgan fingerprint density at radius 2 is 1.35 bits per heavy atom. The number of benzene rings is 6. The first-order valence-electron chi connectivity index (χ1n) is 18.1. The molecule has 9 aromatic rings. The van der Waals surface area contributed by atoms with Gasteiger partial charge in [-0.25, -0.2) is 4.98 Å². The zero-order chi connectivity index (χ0) is 36.4. The summed E-state index contributed by atoms with van der Waals surface area (Å²) in [7, 11) is 0. The Bertz CT molecular complexity index is 2850. The number of para-hydroxylation sites is 4. The minimum atomic E-state index is -0.0272. The zero-order valence-corrected chi connectivity index (χ0v) is 32.7. The van der Waals surface area contributed by atoms with Crippen LogP contribution in [0.1, 0.15) is 26.3 Å². The summed E-state index contributed by atoms with van der Waals surface area (Å²) in [6.45, 7) is 8.90. The van der Waals surface area contributed by atoms with Crippen LogP contribution in [-0.2, 0) is 26.5 Å². The van der Waals surface area contributed by atoms with E-state index >= 15 is 0 Å². The summed E-state index contributed by atoms with van der Waals surface area (Å²) in [5.41, 5.74) is 11.0. The minimum absolute atomic E-state index is 0. The average Bonchev–Trinajstić information content (AvgIpc) is 3.87. The van der Waals surface area contributed by atoms with Crippen LogP contribution in [0.25, 0.3) is 49.9 Å². The number of hydrogen-bond acceptors (Lipinski definition) is 5. The molecule has 7 heteroatoms. The molecular formula is C48H35N4O2Pt-3. The molecule has 0 saturated carbocycles. The van der Waals surface area contributed by atoms with Gasteiger partial charge >= 0.3 is 0 Å². The first-order valence-corrected chi connectivity index (χ1v) is 18.1. The first kappa shape index (κ1) is 34.7. The molecule has 0 fully saturated rings. The quantitative estimate of drug-likeness (QED) is 0.156. The standard InChI is InChI=1S/C48H35N4O2.Pt/c1-48(2,3)39-19-8-9-20-40(39)51-31-50(41-21-10-11-22-42(41)51)34-16-13-17-35(29-34)53-36-24-25-37-43(30-36)52(46-38-18-7-12-23-44(38)54-47(37)46)45-28-33(26-27-49-45)32-14-5-4-6-15-32;/h4-28,31H,1-3H3;/q-3;. The van der Waals surface area contributed by atoms with E-state index in [0.717, 1.165) is 72.7 Å². The van der Waals surface area contributed by atoms with Crippen LogP contribution < -0.4 is 14.5 Å². The van der Waals surface area contributed by atoms with Gasteiger partial charge in [0.25, 0.3) is 0 Å². The first-order chi connectivity index (χ1) is 26.4. The second-order valence-corrected chi connectivity index (χ2v) is 14.6. The van der Waals surface area contributed by atoms with Crippen LogP contribution in [0.2, 0.25) is 0 Å². The van der Waals surface area contributed by atoms with Gasteiger partial charge in [-0.3, -0.25) is 0 Å². The van der Waals surface area contributed by atoms with E-state index in [4.69, 9.17) is 14.1 Å². The van der Waals surface area contributed by atoms with Gasteiger partial charge in [0.15, 0.2) is 0 Å². The molecule has 55 heavy (non-hydrogen) atoms. The van der Waals surface area contributed by atoms with Gasteiger partial charge in [0, 0.05) is 61.2 Å². The van der Waals surface area contributed by atoms with Crippen molar-refractivity contribution in [1.29, 1.82) is 0 Å². The van der Waals surface area contributed by atoms with Crippen LogP contribution in [0.15, 0.2) is 156 Å². The Morgan fingerprint density at radius 3 is 2.16 bits per heavy atom. The number of pyridine rings is 1. The molecule has 0 N–H and O–H groups in total. The van der Waals surface area contributed by atoms with Gasteiger partial charge < -0.3 is 23.5 Å². The van der Waals surface area contributed by atoms with Gasteiger partial charge in [0.2, 0.25) is 0 Å². The zero-order valence-electron chi connectivity index (χ0n) is 30.4. The summed E-state index contributed by atoms with van der Waals surface area (Å²) in [6, 6.07) is 56.8. The van der Waals surface area contributed by atoms with E-state index < -0.39 is 0 Å². The minimum Gasteiger partial charge on any atom is -0.509 e. The summed E-state index contributed by atoms with van der Waals surface area (Å²) in [6.07, 6.45) is 1.86. The molecule has 1 aliphatic heterocycles. The molecule has 0 spiro atoms. The van der Waals surface area contributed by atoms with Gasteiger partial charge in [-0.2, -0.15) is 12.1 Å². The van der Waals surface area contributed by atoms with Crippen LogP contribution in [-0.4, -0.2) is 9.55 Å². The number of furan rings is 1. The topological polar surface area (TPSA) is 46.7 Å². The number of anilines is 4. The molecule has 0 unspecified atom stereocenters. The van der Waals surface area contributed by atoms with E-state index in [9.17, 15) is 0 Å². The Labute approximate surface area is 334 Å². The maximum absolute atomic E-state index is 6.56. The summed E-state index contributed by atoms with van der Waals surface area (Å²) in [5.74, 6) is 1.91. The fourth-order valence-electron chi connectivity index (χ4n) is 7.58. The molecule has 0 saturated heterocycles. The monoisotopic (exact) mass is 894 g/mol. The summed E-state index contributed by atoms with van der Waals surface area (Å²) < 4.78 is 15.2. The maximum Gasteiger partial charge on any atom is 0.136 e. The summed E-state index contributed by atoms with van der Waals surface area (Å²) >= 11 is 0. The molecule has 4 heterocycles. The Balaban J connectivity index is 0.00000397. The molecule has 0 radical (unpaired) electrons. The smallest absolute Gasteiger partial charge is 0.136 e. The number of ether oxygens (including phenoxy) is 1. The van der Waals surface area contributed by atoms with Gasteiger partial charge in [-0.1, -0.05) is 104 Å². The second kappa shape index (κ2) is 13.6. The van der Waals surface area contributed by atoms with E-state index in [0.29, 0.717) is 11.5 Å². The third-order valence-electron chi connectivity index (χ3n) is 10.1. The van der Waals surface area contributed by atoms with Gasteiger partial charge in [-0.15, -0.1) is 42.7 Å². The van der Waals surface area contributed by atoms with Crippen molar-refractivity contribution in [3.8, 4) is 28.4 Å². The van der Waals surface area contributed by atoms with E-state index in [2.05, 4.69) is 133 Å². The molecule has 0 aliphatic carbocycles. The Hall–Kier alpha value is -6.10. The number of fused-ring (bicyclic) bond motifs is 6. The number of rotatable bonds is 6. The summed E-state index contributed by atoms with van der Waals surface area (Å²) in [4.78, 5) is 9.31. The fraction of sp³-hybridized carbons (Fsp3) is 0.0833. The summed E-state index contributed by atoms with van der Waals surface area (Å²) in [5, 5.41) is 1.94. The van der Waals surface area contributed by atoms with Crippen molar-refractivity contribution in [2.45, 2.75) is 26.2 Å². The van der Waals surface area contributed by atoms with Crippen molar-refractivity contribution < 1.29 is 30.2 Å². The van der Waals surface area contributed by atoms with Gasteiger partial charge in [0.1, 0.15) is 17.0 Å². The van der Waals surface area contributed by atoms with Crippen LogP contribution in [0.4, 0.5) is 22.7 Å². The molecule has 3 aromatic heterocycles. The Kier molecular flexibility index (Phi) is 8.59. The van der Waals surface area contributed by atoms with Crippen LogP contribution in [0, 0.1) is 18.8 Å². The van der Waals surface area contributed by atoms with Gasteiger partial charge in [-0.05, 0) is 64.6 Å². The third-order valence-corrected chi connectivity index (χ3v) is 10.1. The molecule has 272 valence electrons. The van der Waals surface area contributed by atoms with Crippen molar-refractivity contribution in [3.05, 3.63) is 176 Å². The molecule has 6 aromatic carbocycles. The molecule has 6 nitrogen and oxygen atoms in total. The Morgan fingerprint density at radius 1 is 0.636 bits per heavy atom. The molecule has 0 atom stereocenters. The number of aromatic nitrogens is 2. The normalized spacial score (nSPS) is 12.7. The molecule has 0 bridgehead atoms. The van der Waals surface area contributed by atoms with E-state index in [-0.39, 0.29) is 26.5 Å². The molecule has 1 aliphatic rings. The number of nitrogens with zero attached hydrogens (tertiary/aromatic N) is 4. The van der Waals surface area contributed by atoms with Crippen LogP contribution in [0.3, 0.4) is 0 Å². The fourth-order valence-corrected chi connectivity index (χ4v) is 7.58. The average molecular weight is 895 g/mol. The van der Waals surface area contributed by atoms with E-state index in [1.807, 2.05) is 72.9 Å². The molecule has 0 amide bonds. The third kappa shape index (κ3) is 5.98. The van der Waals surface area contributed by atoms with Crippen LogP contribution >= 0.6 is 0 Å². The molecule has 10 rings (SSSR count). The second-order valence-electron chi connectivity index (χ2n) is 14.6. The molecular weight excluding hydrogens is 860 g/mol. The predicted molar refractivity (Wildman–Crippen MR) is 218 cm³/mol.